The van der Waals surface area contributed by atoms with E-state index in [4.69, 9.17) is 4.52 Å². The minimum atomic E-state index is -1.15. The summed E-state index contributed by atoms with van der Waals surface area (Å²) in [5, 5.41) is 9.82. The Morgan fingerprint density at radius 3 is 2.50 bits per heavy atom. The maximum absolute atomic E-state index is 13.8. The van der Waals surface area contributed by atoms with Crippen LogP contribution in [-0.4, -0.2) is 72.1 Å². The van der Waals surface area contributed by atoms with Crippen LogP contribution in [0, 0.1) is 11.6 Å². The zero-order chi connectivity index (χ0) is 23.3. The first kappa shape index (κ1) is 23.6. The van der Waals surface area contributed by atoms with Crippen molar-refractivity contribution in [1.29, 1.82) is 0 Å². The first-order chi connectivity index (χ1) is 15.2. The van der Waals surface area contributed by atoms with Gasteiger partial charge in [0, 0.05) is 25.8 Å². The Bertz CT molecular complexity index is 976. The number of piperazine rings is 1. The van der Waals surface area contributed by atoms with Gasteiger partial charge in [-0.25, -0.2) is 8.78 Å². The number of nitrogens with zero attached hydrogens (tertiary/aromatic N) is 4. The Labute approximate surface area is 186 Å². The molecule has 0 radical (unpaired) electrons. The molecule has 10 nitrogen and oxygen atoms in total. The van der Waals surface area contributed by atoms with Crippen LogP contribution in [0.2, 0.25) is 0 Å². The fourth-order valence-corrected chi connectivity index (χ4v) is 3.88. The highest BCUT2D eigenvalue weighted by molar-refractivity contribution is 8.14. The van der Waals surface area contributed by atoms with Crippen molar-refractivity contribution < 1.29 is 32.5 Å². The number of hydrogen-bond acceptors (Lipinski definition) is 8. The molecule has 1 aromatic heterocycles. The van der Waals surface area contributed by atoms with Crippen LogP contribution in [0.15, 0.2) is 28.9 Å². The fraction of sp³-hybridized carbons (Fsp3) is 0.421. The quantitative estimate of drug-likeness (QED) is 0.551. The molecule has 3 rings (SSSR count). The second-order valence-electron chi connectivity index (χ2n) is 7.18. The van der Waals surface area contributed by atoms with E-state index in [1.165, 1.54) is 17.9 Å². The molecule has 2 amide bonds. The van der Waals surface area contributed by atoms with Crippen molar-refractivity contribution in [3.63, 3.8) is 0 Å². The third kappa shape index (κ3) is 6.01. The summed E-state index contributed by atoms with van der Waals surface area (Å²) in [7, 11) is 2.02. The van der Waals surface area contributed by atoms with E-state index in [1.807, 2.05) is 12.1 Å². The van der Waals surface area contributed by atoms with Crippen molar-refractivity contribution in [2.75, 3.05) is 49.3 Å². The van der Waals surface area contributed by atoms with Gasteiger partial charge in [0.15, 0.2) is 0 Å². The number of carbonyl (C=O) groups excluding carboxylic acids is 3. The molecule has 172 valence electrons. The molecule has 13 heteroatoms. The monoisotopic (exact) mass is 469 g/mol. The molecule has 0 saturated carbocycles. The van der Waals surface area contributed by atoms with E-state index in [1.54, 1.807) is 0 Å². The molecular formula is C19H23F2N6O4S+. The number of rotatable bonds is 7. The van der Waals surface area contributed by atoms with Gasteiger partial charge in [-0.15, -0.1) is 0 Å². The largest absolute Gasteiger partial charge is 0.344 e. The van der Waals surface area contributed by atoms with Crippen LogP contribution in [0.4, 0.5) is 14.7 Å². The van der Waals surface area contributed by atoms with Gasteiger partial charge in [-0.2, -0.15) is 5.01 Å². The predicted octanol–water partition coefficient (Wildman–Crippen LogP) is 0.141. The predicted molar refractivity (Wildman–Crippen MR) is 112 cm³/mol. The molecule has 1 fully saturated rings. The smallest absolute Gasteiger partial charge is 0.305 e. The number of halogens is 2. The Morgan fingerprint density at radius 2 is 1.88 bits per heavy atom. The van der Waals surface area contributed by atoms with E-state index in [0.717, 1.165) is 44.4 Å². The van der Waals surface area contributed by atoms with Crippen molar-refractivity contribution >= 4 is 34.6 Å². The van der Waals surface area contributed by atoms with Crippen LogP contribution in [0.25, 0.3) is 0 Å². The number of aromatic nitrogens is 2. The topological polar surface area (TPSA) is 112 Å². The lowest BCUT2D eigenvalue weighted by Gasteiger charge is -2.26. The highest BCUT2D eigenvalue weighted by Gasteiger charge is 2.28. The van der Waals surface area contributed by atoms with Crippen LogP contribution in [0.3, 0.4) is 0 Å². The number of amides is 2. The summed E-state index contributed by atoms with van der Waals surface area (Å²) in [6.07, 6.45) is 1.49. The first-order valence-electron chi connectivity index (χ1n) is 9.76. The normalized spacial score (nSPS) is 15.3. The van der Waals surface area contributed by atoms with Gasteiger partial charge in [-0.05, 0) is 19.2 Å². The average molecular weight is 469 g/mol. The lowest BCUT2D eigenvalue weighted by Crippen LogP contribution is -2.65. The molecule has 1 atom stereocenters. The van der Waals surface area contributed by atoms with Crippen LogP contribution in [0.5, 0.6) is 0 Å². The van der Waals surface area contributed by atoms with E-state index in [2.05, 4.69) is 20.8 Å². The van der Waals surface area contributed by atoms with Crippen molar-refractivity contribution in [1.82, 2.24) is 15.5 Å². The number of anilines is 1. The summed E-state index contributed by atoms with van der Waals surface area (Å²) in [6, 6.07) is 1.92. The summed E-state index contributed by atoms with van der Waals surface area (Å²) in [5.74, 6) is -3.39. The Balaban J connectivity index is 1.62. The standard InChI is InChI=1S/C19H22F2N6O4S/c1-12(28)22-15(11-32-19(30)17-13(20)4-3-5-14(17)21)18(29)23-16-10-27(24-31-16)26-8-6-25(2)7-9-26/h3-5,10,15H,6-9,11H2,1-2H3,(H-,22,23,24,28,29)/p+1/t15-/m0/s1. The third-order valence-electron chi connectivity index (χ3n) is 4.71. The van der Waals surface area contributed by atoms with Gasteiger partial charge in [0.05, 0.1) is 17.9 Å². The van der Waals surface area contributed by atoms with E-state index in [-0.39, 0.29) is 11.6 Å². The van der Waals surface area contributed by atoms with Crippen LogP contribution >= 0.6 is 11.8 Å². The Hall–Kier alpha value is -3.06. The highest BCUT2D eigenvalue weighted by Crippen LogP contribution is 2.20. The van der Waals surface area contributed by atoms with Gasteiger partial charge in [0.25, 0.3) is 6.20 Å². The molecule has 0 bridgehead atoms. The van der Waals surface area contributed by atoms with Gasteiger partial charge in [-0.1, -0.05) is 17.8 Å². The molecule has 0 aliphatic carbocycles. The lowest BCUT2D eigenvalue weighted by molar-refractivity contribution is -0.759. The molecule has 0 unspecified atom stereocenters. The van der Waals surface area contributed by atoms with Gasteiger partial charge in [0.2, 0.25) is 22.2 Å². The number of thioether (sulfide) groups is 1. The van der Waals surface area contributed by atoms with E-state index >= 15 is 0 Å². The zero-order valence-electron chi connectivity index (χ0n) is 17.5. The molecule has 1 aliphatic heterocycles. The minimum Gasteiger partial charge on any atom is -0.344 e. The first-order valence-corrected chi connectivity index (χ1v) is 10.7. The molecule has 0 spiro atoms. The Kier molecular flexibility index (Phi) is 7.75. The second-order valence-corrected chi connectivity index (χ2v) is 8.17. The van der Waals surface area contributed by atoms with Crippen LogP contribution in [-0.2, 0) is 9.59 Å². The molecule has 2 N–H and O–H groups in total. The van der Waals surface area contributed by atoms with Crippen molar-refractivity contribution in [2.24, 2.45) is 0 Å². The molecule has 32 heavy (non-hydrogen) atoms. The van der Waals surface area contributed by atoms with Crippen molar-refractivity contribution in [3.05, 3.63) is 41.6 Å². The van der Waals surface area contributed by atoms with Gasteiger partial charge in [-0.3, -0.25) is 24.2 Å². The minimum absolute atomic E-state index is 0.0424. The SMILES string of the molecule is CC(=O)N[C@@H](CSC(=O)c1c(F)cccc1F)C(=O)Nc1c[n+](N2CCN(C)CC2)no1. The van der Waals surface area contributed by atoms with Crippen LogP contribution < -0.4 is 20.4 Å². The lowest BCUT2D eigenvalue weighted by atomic mass is 10.2. The van der Waals surface area contributed by atoms with E-state index in [9.17, 15) is 23.2 Å². The summed E-state index contributed by atoms with van der Waals surface area (Å²) in [6.45, 7) is 4.35. The number of nitrogens with one attached hydrogen (secondary N) is 2. The number of hydrogen-bond donors (Lipinski definition) is 2. The van der Waals surface area contributed by atoms with Crippen molar-refractivity contribution in [2.45, 2.75) is 13.0 Å². The molecular weight excluding hydrogens is 446 g/mol. The zero-order valence-corrected chi connectivity index (χ0v) is 18.3. The summed E-state index contributed by atoms with van der Waals surface area (Å²) >= 11 is 0.516. The summed E-state index contributed by atoms with van der Waals surface area (Å²) in [5.41, 5.74) is -0.706. The fourth-order valence-electron chi connectivity index (χ4n) is 2.99. The molecule has 1 aromatic carbocycles. The van der Waals surface area contributed by atoms with E-state index < -0.39 is 40.2 Å². The molecule has 2 aromatic rings. The Morgan fingerprint density at radius 1 is 1.22 bits per heavy atom. The summed E-state index contributed by atoms with van der Waals surface area (Å²) in [4.78, 5) is 40.1. The van der Waals surface area contributed by atoms with Crippen LogP contribution in [0.1, 0.15) is 17.3 Å². The number of carbonyl (C=O) groups is 3. The molecule has 2 heterocycles. The van der Waals surface area contributed by atoms with Gasteiger partial charge < -0.3 is 10.2 Å². The molecule has 1 saturated heterocycles. The average Bonchev–Trinajstić information content (AvgIpc) is 3.19. The number of likely N-dealkylation sites (N-methyl/N-ethyl adjacent to an activating group) is 1. The maximum Gasteiger partial charge on any atom is 0.305 e. The third-order valence-corrected chi connectivity index (χ3v) is 5.68. The van der Waals surface area contributed by atoms with E-state index in [0.29, 0.717) is 11.8 Å². The summed E-state index contributed by atoms with van der Waals surface area (Å²) < 4.78 is 32.8. The van der Waals surface area contributed by atoms with Crippen molar-refractivity contribution in [3.8, 4) is 0 Å². The highest BCUT2D eigenvalue weighted by atomic mass is 32.2. The van der Waals surface area contributed by atoms with Gasteiger partial charge in [0.1, 0.15) is 23.2 Å². The second kappa shape index (κ2) is 10.5. The van der Waals surface area contributed by atoms with Gasteiger partial charge >= 0.3 is 5.88 Å². The molecule has 1 aliphatic rings. The number of benzene rings is 1. The maximum atomic E-state index is 13.8.